The summed E-state index contributed by atoms with van der Waals surface area (Å²) < 4.78 is 2.66. The Morgan fingerprint density at radius 3 is 1.92 bits per heavy atom. The summed E-state index contributed by atoms with van der Waals surface area (Å²) in [4.78, 5) is 5.33. The molecule has 11 rings (SSSR count). The third kappa shape index (κ3) is 5.67. The number of thiophene rings is 1. The van der Waals surface area contributed by atoms with Gasteiger partial charge >= 0.3 is 0 Å². The van der Waals surface area contributed by atoms with Crippen LogP contribution in [-0.4, -0.2) is 6.71 Å². The van der Waals surface area contributed by atoms with Crippen LogP contribution in [0.15, 0.2) is 127 Å². The van der Waals surface area contributed by atoms with Gasteiger partial charge in [0.2, 0.25) is 0 Å². The Hall–Kier alpha value is -5.58. The molecule has 0 saturated heterocycles. The number of hydrogen-bond donors (Lipinski definition) is 0. The quantitative estimate of drug-likeness (QED) is 0.164. The van der Waals surface area contributed by atoms with E-state index in [1.165, 1.54) is 128 Å². The van der Waals surface area contributed by atoms with Crippen LogP contribution in [0.25, 0.3) is 31.3 Å². The molecule has 3 heterocycles. The Labute approximate surface area is 367 Å². The maximum atomic E-state index is 2.67. The number of benzene rings is 7. The molecule has 0 radical (unpaired) electrons. The fourth-order valence-electron chi connectivity index (χ4n) is 11.1. The summed E-state index contributed by atoms with van der Waals surface area (Å²) >= 11 is 1.91. The molecular formula is C57H55BN2S. The molecule has 0 N–H and O–H groups in total. The summed E-state index contributed by atoms with van der Waals surface area (Å²) in [5, 5.41) is 2.68. The van der Waals surface area contributed by atoms with Crippen molar-refractivity contribution in [2.45, 2.75) is 98.3 Å². The molecule has 0 amide bonds. The predicted molar refractivity (Wildman–Crippen MR) is 267 cm³/mol. The summed E-state index contributed by atoms with van der Waals surface area (Å²) in [5.74, 6) is 0. The molecule has 302 valence electrons. The van der Waals surface area contributed by atoms with Crippen LogP contribution in [0.5, 0.6) is 0 Å². The standard InChI is InChI=1S/C57H55BN2S/c1-34-17-11-13-19-39(34)37-30-48-53-49(31-37)60(45-21-15-12-18-35(45)2)54-43(24-26-51-52(54)40-20-14-16-22-50(40)61-51)58(53)44-32-38(55(4,5)6)23-25-46(44)59(48)47-33-42-41(29-36(47)3)56(7,8)27-28-57(42,9)10/h11-26,29-33H,27-28H2,1-10H3. The fourth-order valence-corrected chi connectivity index (χ4v) is 12.2. The van der Waals surface area contributed by atoms with Crippen molar-refractivity contribution in [3.8, 4) is 11.1 Å². The van der Waals surface area contributed by atoms with Gasteiger partial charge < -0.3 is 9.80 Å². The zero-order valence-corrected chi connectivity index (χ0v) is 38.2. The van der Waals surface area contributed by atoms with Crippen LogP contribution in [-0.2, 0) is 16.2 Å². The van der Waals surface area contributed by atoms with Gasteiger partial charge in [-0.05, 0) is 153 Å². The van der Waals surface area contributed by atoms with E-state index in [0.29, 0.717) is 0 Å². The van der Waals surface area contributed by atoms with Crippen molar-refractivity contribution in [1.82, 2.24) is 0 Å². The highest BCUT2D eigenvalue weighted by molar-refractivity contribution is 7.26. The minimum atomic E-state index is -0.0206. The van der Waals surface area contributed by atoms with Crippen molar-refractivity contribution in [1.29, 1.82) is 0 Å². The van der Waals surface area contributed by atoms with Gasteiger partial charge in [-0.2, -0.15) is 0 Å². The zero-order chi connectivity index (χ0) is 42.3. The minimum Gasteiger partial charge on any atom is -0.311 e. The lowest BCUT2D eigenvalue weighted by Crippen LogP contribution is -2.61. The summed E-state index contributed by atoms with van der Waals surface area (Å²) in [6, 6.07) is 49.5. The van der Waals surface area contributed by atoms with E-state index >= 15 is 0 Å². The topological polar surface area (TPSA) is 6.48 Å². The van der Waals surface area contributed by atoms with E-state index in [0.717, 1.165) is 0 Å². The van der Waals surface area contributed by atoms with E-state index in [9.17, 15) is 0 Å². The molecule has 0 unspecified atom stereocenters. The summed E-state index contributed by atoms with van der Waals surface area (Å²) in [6.07, 6.45) is 2.37. The molecule has 61 heavy (non-hydrogen) atoms. The maximum Gasteiger partial charge on any atom is 0.252 e. The molecule has 1 aromatic heterocycles. The van der Waals surface area contributed by atoms with Gasteiger partial charge in [-0.3, -0.25) is 0 Å². The normalized spacial score (nSPS) is 16.1. The average Bonchev–Trinajstić information content (AvgIpc) is 3.61. The lowest BCUT2D eigenvalue weighted by molar-refractivity contribution is 0.332. The molecule has 2 aliphatic heterocycles. The average molecular weight is 811 g/mol. The molecule has 4 heteroatoms. The fraction of sp³-hybridized carbons (Fsp3) is 0.263. The van der Waals surface area contributed by atoms with Crippen LogP contribution in [0.4, 0.5) is 34.1 Å². The van der Waals surface area contributed by atoms with E-state index in [1.807, 2.05) is 11.3 Å². The first-order valence-corrected chi connectivity index (χ1v) is 23.1. The number of para-hydroxylation sites is 1. The first kappa shape index (κ1) is 38.4. The Kier molecular flexibility index (Phi) is 8.31. The van der Waals surface area contributed by atoms with Crippen molar-refractivity contribution in [3.63, 3.8) is 0 Å². The number of aryl methyl sites for hydroxylation is 3. The number of anilines is 6. The van der Waals surface area contributed by atoms with Crippen molar-refractivity contribution < 1.29 is 0 Å². The Morgan fingerprint density at radius 1 is 0.541 bits per heavy atom. The number of rotatable bonds is 3. The van der Waals surface area contributed by atoms with Gasteiger partial charge in [0.25, 0.3) is 6.71 Å². The smallest absolute Gasteiger partial charge is 0.252 e. The molecule has 0 fully saturated rings. The minimum absolute atomic E-state index is 0.0206. The summed E-state index contributed by atoms with van der Waals surface area (Å²) in [6.45, 7) is 23.8. The maximum absolute atomic E-state index is 2.67. The Balaban J connectivity index is 1.32. The van der Waals surface area contributed by atoms with Crippen molar-refractivity contribution in [2.75, 3.05) is 9.80 Å². The molecule has 0 bridgehead atoms. The van der Waals surface area contributed by atoms with E-state index in [4.69, 9.17) is 0 Å². The molecule has 1 aliphatic carbocycles. The third-order valence-electron chi connectivity index (χ3n) is 14.7. The highest BCUT2D eigenvalue weighted by Crippen LogP contribution is 2.53. The van der Waals surface area contributed by atoms with Crippen LogP contribution in [0, 0.1) is 20.8 Å². The van der Waals surface area contributed by atoms with Gasteiger partial charge in [-0.1, -0.05) is 133 Å². The first-order chi connectivity index (χ1) is 29.1. The van der Waals surface area contributed by atoms with Crippen LogP contribution >= 0.6 is 11.3 Å². The number of fused-ring (bicyclic) bond motifs is 9. The molecule has 3 aliphatic rings. The lowest BCUT2D eigenvalue weighted by atomic mass is 9.33. The van der Waals surface area contributed by atoms with Gasteiger partial charge in [0.1, 0.15) is 0 Å². The van der Waals surface area contributed by atoms with E-state index in [1.54, 1.807) is 0 Å². The molecule has 0 spiro atoms. The van der Waals surface area contributed by atoms with Gasteiger partial charge in [-0.15, -0.1) is 11.3 Å². The molecule has 0 atom stereocenters. The molecular weight excluding hydrogens is 756 g/mol. The Morgan fingerprint density at radius 2 is 1.20 bits per heavy atom. The van der Waals surface area contributed by atoms with Crippen molar-refractivity contribution in [3.05, 3.63) is 161 Å². The molecule has 0 saturated carbocycles. The van der Waals surface area contributed by atoms with Crippen LogP contribution in [0.1, 0.15) is 94.7 Å². The van der Waals surface area contributed by atoms with Crippen molar-refractivity contribution >= 4 is 88.7 Å². The highest BCUT2D eigenvalue weighted by atomic mass is 32.1. The van der Waals surface area contributed by atoms with Crippen molar-refractivity contribution in [2.24, 2.45) is 0 Å². The predicted octanol–water partition coefficient (Wildman–Crippen LogP) is 14.4. The van der Waals surface area contributed by atoms with E-state index in [-0.39, 0.29) is 23.0 Å². The first-order valence-electron chi connectivity index (χ1n) is 22.3. The second-order valence-corrected chi connectivity index (χ2v) is 21.7. The molecule has 2 nitrogen and oxygen atoms in total. The second-order valence-electron chi connectivity index (χ2n) is 20.6. The Bertz CT molecular complexity index is 3140. The van der Waals surface area contributed by atoms with Gasteiger partial charge in [-0.25, -0.2) is 0 Å². The van der Waals surface area contributed by atoms with Gasteiger partial charge in [0.05, 0.1) is 5.69 Å². The van der Waals surface area contributed by atoms with Crippen LogP contribution < -0.4 is 26.2 Å². The zero-order valence-electron chi connectivity index (χ0n) is 37.4. The third-order valence-corrected chi connectivity index (χ3v) is 15.8. The van der Waals surface area contributed by atoms with Crippen LogP contribution in [0.2, 0.25) is 0 Å². The van der Waals surface area contributed by atoms with Crippen LogP contribution in [0.3, 0.4) is 0 Å². The van der Waals surface area contributed by atoms with E-state index < -0.39 is 0 Å². The summed E-state index contributed by atoms with van der Waals surface area (Å²) in [5.41, 5.74) is 22.7. The second kappa shape index (κ2) is 13.2. The summed E-state index contributed by atoms with van der Waals surface area (Å²) in [7, 11) is 0. The largest absolute Gasteiger partial charge is 0.311 e. The van der Waals surface area contributed by atoms with Gasteiger partial charge in [0, 0.05) is 48.6 Å². The molecule has 7 aromatic carbocycles. The SMILES string of the molecule is Cc1ccccc1-c1cc2c3c(c1)N(c1ccccc1C)c1c(ccc4sc5ccccc5c14)B3c1cc(C(C)(C)C)ccc1N2c1cc2c(cc1C)C(C)(C)CCC2(C)C. The van der Waals surface area contributed by atoms with Gasteiger partial charge in [0.15, 0.2) is 0 Å². The number of nitrogens with zero attached hydrogens (tertiary/aromatic N) is 2. The monoisotopic (exact) mass is 810 g/mol. The molecule has 8 aromatic rings. The lowest BCUT2D eigenvalue weighted by Gasteiger charge is -2.46. The number of hydrogen-bond acceptors (Lipinski definition) is 3. The van der Waals surface area contributed by atoms with E-state index in [2.05, 4.69) is 206 Å². The highest BCUT2D eigenvalue weighted by Gasteiger charge is 2.46.